The molecule has 1 N–H and O–H groups in total. The molecule has 0 aromatic heterocycles. The minimum Gasteiger partial charge on any atom is -0.510 e. The lowest BCUT2D eigenvalue weighted by molar-refractivity contribution is -0.107. The molecule has 0 saturated heterocycles. The second-order valence-electron chi connectivity index (χ2n) is 7.08. The molecule has 1 atom stereocenters. The van der Waals surface area contributed by atoms with Gasteiger partial charge in [-0.1, -0.05) is 37.3 Å². The zero-order valence-corrected chi connectivity index (χ0v) is 14.5. The van der Waals surface area contributed by atoms with E-state index >= 15 is 0 Å². The molecule has 0 amide bonds. The van der Waals surface area contributed by atoms with Crippen LogP contribution in [0.1, 0.15) is 67.2 Å². The van der Waals surface area contributed by atoms with Crippen molar-refractivity contribution in [3.05, 3.63) is 23.0 Å². The molecule has 2 nitrogen and oxygen atoms in total. The van der Waals surface area contributed by atoms with Gasteiger partial charge in [0.1, 0.15) is 5.76 Å². The third kappa shape index (κ3) is 4.41. The Labute approximate surface area is 127 Å². The topological polar surface area (TPSA) is 37.3 Å². The van der Waals surface area contributed by atoms with E-state index in [9.17, 15) is 9.90 Å². The molecule has 20 heavy (non-hydrogen) atoms. The van der Waals surface area contributed by atoms with Gasteiger partial charge in [-0.3, -0.25) is 4.79 Å². The Bertz CT molecular complexity index is 442. The van der Waals surface area contributed by atoms with Crippen molar-refractivity contribution in [3.63, 3.8) is 0 Å². The molecule has 0 spiro atoms. The van der Waals surface area contributed by atoms with Crippen LogP contribution in [0.4, 0.5) is 0 Å². The lowest BCUT2D eigenvalue weighted by Crippen LogP contribution is -2.24. The summed E-state index contributed by atoms with van der Waals surface area (Å²) in [5.74, 6) is 0.285. The number of hydrogen-bond acceptors (Lipinski definition) is 3. The highest BCUT2D eigenvalue weighted by Crippen LogP contribution is 2.47. The van der Waals surface area contributed by atoms with Crippen LogP contribution in [0.5, 0.6) is 0 Å². The number of thioether (sulfide) groups is 1. The molecule has 114 valence electrons. The number of aliphatic hydroxyl groups excluding tert-OH is 1. The average molecular weight is 296 g/mol. The van der Waals surface area contributed by atoms with Gasteiger partial charge < -0.3 is 5.11 Å². The minimum absolute atomic E-state index is 0.0207. The fourth-order valence-electron chi connectivity index (χ4n) is 2.45. The predicted molar refractivity (Wildman–Crippen MR) is 88.0 cm³/mol. The van der Waals surface area contributed by atoms with Crippen molar-refractivity contribution in [3.8, 4) is 0 Å². The van der Waals surface area contributed by atoms with E-state index in [-0.39, 0.29) is 16.3 Å². The third-order valence-corrected chi connectivity index (χ3v) is 5.47. The summed E-state index contributed by atoms with van der Waals surface area (Å²) < 4.78 is -0.422. The zero-order valence-electron chi connectivity index (χ0n) is 13.7. The van der Waals surface area contributed by atoms with Gasteiger partial charge in [0.25, 0.3) is 0 Å². The van der Waals surface area contributed by atoms with Crippen molar-refractivity contribution in [1.29, 1.82) is 0 Å². The van der Waals surface area contributed by atoms with Gasteiger partial charge in [0.05, 0.1) is 4.75 Å². The van der Waals surface area contributed by atoms with Crippen LogP contribution in [0.25, 0.3) is 0 Å². The summed E-state index contributed by atoms with van der Waals surface area (Å²) in [6.45, 7) is 12.5. The number of hydrogen-bond donors (Lipinski definition) is 1. The Kier molecular flexibility index (Phi) is 5.54. The quantitative estimate of drug-likeness (QED) is 0.666. The molecule has 1 aliphatic heterocycles. The lowest BCUT2D eigenvalue weighted by atomic mass is 9.80. The zero-order chi connectivity index (χ0) is 15.6. The smallest absolute Gasteiger partial charge is 0.219 e. The predicted octanol–water partition coefficient (Wildman–Crippen LogP) is 5.40. The van der Waals surface area contributed by atoms with Gasteiger partial charge in [0.2, 0.25) is 5.12 Å². The molecule has 0 aromatic carbocycles. The van der Waals surface area contributed by atoms with Gasteiger partial charge >= 0.3 is 0 Å². The highest BCUT2D eigenvalue weighted by molar-refractivity contribution is 8.15. The van der Waals surface area contributed by atoms with Crippen molar-refractivity contribution in [2.24, 2.45) is 5.41 Å². The molecule has 0 aromatic rings. The summed E-state index contributed by atoms with van der Waals surface area (Å²) >= 11 is 1.28. The first-order chi connectivity index (χ1) is 9.07. The molecule has 1 heterocycles. The van der Waals surface area contributed by atoms with E-state index in [0.717, 1.165) is 25.7 Å². The SMILES string of the molecule is CC(C)=CCCC(C)(C)CCC1(C)SC(=O)C(C)=C1O. The molecular formula is C17H28O2S. The fraction of sp³-hybridized carbons (Fsp3) is 0.706. The fourth-order valence-corrected chi connectivity index (χ4v) is 3.56. The van der Waals surface area contributed by atoms with E-state index < -0.39 is 4.75 Å². The van der Waals surface area contributed by atoms with Gasteiger partial charge in [-0.25, -0.2) is 0 Å². The van der Waals surface area contributed by atoms with E-state index in [0.29, 0.717) is 5.57 Å². The van der Waals surface area contributed by atoms with E-state index in [1.54, 1.807) is 6.92 Å². The van der Waals surface area contributed by atoms with Crippen LogP contribution in [0, 0.1) is 5.41 Å². The number of aliphatic hydroxyl groups is 1. The molecule has 3 heteroatoms. The number of carbonyl (C=O) groups excluding carboxylic acids is 1. The molecule has 0 aliphatic carbocycles. The molecule has 0 fully saturated rings. The van der Waals surface area contributed by atoms with E-state index in [2.05, 4.69) is 33.8 Å². The van der Waals surface area contributed by atoms with Crippen LogP contribution in [0.15, 0.2) is 23.0 Å². The molecular weight excluding hydrogens is 268 g/mol. The summed E-state index contributed by atoms with van der Waals surface area (Å²) in [5, 5.41) is 10.2. The van der Waals surface area contributed by atoms with Crippen molar-refractivity contribution < 1.29 is 9.90 Å². The van der Waals surface area contributed by atoms with Gasteiger partial charge in [0.15, 0.2) is 0 Å². The standard InChI is InChI=1S/C17H28O2S/c1-12(2)8-7-9-16(4,5)10-11-17(6)14(18)13(3)15(19)20-17/h8,18H,7,9-11H2,1-6H3. The highest BCUT2D eigenvalue weighted by atomic mass is 32.2. The monoisotopic (exact) mass is 296 g/mol. The highest BCUT2D eigenvalue weighted by Gasteiger charge is 2.42. The maximum absolute atomic E-state index is 11.7. The van der Waals surface area contributed by atoms with Crippen molar-refractivity contribution >= 4 is 16.9 Å². The number of carbonyl (C=O) groups is 1. The Balaban J connectivity index is 2.58. The van der Waals surface area contributed by atoms with Crippen LogP contribution < -0.4 is 0 Å². The first kappa shape index (κ1) is 17.4. The molecule has 0 bridgehead atoms. The van der Waals surface area contributed by atoms with E-state index in [4.69, 9.17) is 0 Å². The van der Waals surface area contributed by atoms with Crippen LogP contribution in [0.2, 0.25) is 0 Å². The Morgan fingerprint density at radius 2 is 1.95 bits per heavy atom. The molecule has 1 unspecified atom stereocenters. The Morgan fingerprint density at radius 1 is 1.35 bits per heavy atom. The first-order valence-electron chi connectivity index (χ1n) is 7.34. The van der Waals surface area contributed by atoms with Crippen LogP contribution >= 0.6 is 11.8 Å². The number of allylic oxidation sites excluding steroid dienone is 2. The van der Waals surface area contributed by atoms with Gasteiger partial charge in [-0.05, 0) is 58.8 Å². The van der Waals surface area contributed by atoms with Crippen LogP contribution in [-0.4, -0.2) is 15.0 Å². The van der Waals surface area contributed by atoms with Crippen molar-refractivity contribution in [1.82, 2.24) is 0 Å². The van der Waals surface area contributed by atoms with Crippen molar-refractivity contribution in [2.75, 3.05) is 0 Å². The summed E-state index contributed by atoms with van der Waals surface area (Å²) in [6.07, 6.45) is 6.36. The second-order valence-corrected chi connectivity index (χ2v) is 8.55. The lowest BCUT2D eigenvalue weighted by Gasteiger charge is -2.30. The third-order valence-electron chi connectivity index (χ3n) is 4.13. The largest absolute Gasteiger partial charge is 0.510 e. The van der Waals surface area contributed by atoms with E-state index in [1.165, 1.54) is 17.3 Å². The average Bonchev–Trinajstić information content (AvgIpc) is 2.51. The second kappa shape index (κ2) is 6.38. The molecule has 1 aliphatic rings. The summed E-state index contributed by atoms with van der Waals surface area (Å²) in [5.41, 5.74) is 2.12. The Morgan fingerprint density at radius 3 is 2.40 bits per heavy atom. The van der Waals surface area contributed by atoms with Crippen molar-refractivity contribution in [2.45, 2.75) is 72.0 Å². The first-order valence-corrected chi connectivity index (χ1v) is 8.16. The maximum Gasteiger partial charge on any atom is 0.219 e. The van der Waals surface area contributed by atoms with E-state index in [1.807, 2.05) is 6.92 Å². The van der Waals surface area contributed by atoms with Crippen LogP contribution in [-0.2, 0) is 4.79 Å². The number of rotatable bonds is 6. The van der Waals surface area contributed by atoms with Gasteiger partial charge in [0, 0.05) is 5.57 Å². The molecule has 0 radical (unpaired) electrons. The molecule has 1 rings (SSSR count). The van der Waals surface area contributed by atoms with Gasteiger partial charge in [-0.2, -0.15) is 0 Å². The van der Waals surface area contributed by atoms with Gasteiger partial charge in [-0.15, -0.1) is 0 Å². The minimum atomic E-state index is -0.422. The maximum atomic E-state index is 11.7. The molecule has 0 saturated carbocycles. The normalized spacial score (nSPS) is 23.4. The van der Waals surface area contributed by atoms with Crippen LogP contribution in [0.3, 0.4) is 0 Å². The Hall–Kier alpha value is -0.700. The summed E-state index contributed by atoms with van der Waals surface area (Å²) in [7, 11) is 0. The summed E-state index contributed by atoms with van der Waals surface area (Å²) in [4.78, 5) is 11.7. The summed E-state index contributed by atoms with van der Waals surface area (Å²) in [6, 6.07) is 0.